The van der Waals surface area contributed by atoms with Crippen molar-refractivity contribution >= 4 is 5.71 Å². The molecule has 2 nitrogen and oxygen atoms in total. The van der Waals surface area contributed by atoms with Crippen LogP contribution >= 0.6 is 0 Å². The fraction of sp³-hybridized carbons (Fsp3) is 0.588. The van der Waals surface area contributed by atoms with E-state index in [-0.39, 0.29) is 0 Å². The van der Waals surface area contributed by atoms with E-state index in [1.165, 1.54) is 23.5 Å². The van der Waals surface area contributed by atoms with Crippen molar-refractivity contribution in [3.63, 3.8) is 0 Å². The Morgan fingerprint density at radius 2 is 2.32 bits per heavy atom. The molecule has 0 fully saturated rings. The summed E-state index contributed by atoms with van der Waals surface area (Å²) in [6.07, 6.45) is 15.5. The van der Waals surface area contributed by atoms with Crippen LogP contribution in [-0.4, -0.2) is 12.3 Å². The smallest absolute Gasteiger partial charge is 0.0953 e. The Balaban J connectivity index is 2.00. The third-order valence-corrected chi connectivity index (χ3v) is 3.78. The van der Waals surface area contributed by atoms with Crippen LogP contribution in [0.1, 0.15) is 52.4 Å². The molecule has 19 heavy (non-hydrogen) atoms. The lowest BCUT2D eigenvalue weighted by Crippen LogP contribution is -2.15. The molecule has 0 amide bonds. The first-order valence-electron chi connectivity index (χ1n) is 7.59. The molecular formula is C17H25NO. The van der Waals surface area contributed by atoms with Crippen molar-refractivity contribution in [2.24, 2.45) is 10.9 Å². The number of allylic oxidation sites excluding steroid dienone is 5. The molecule has 0 aromatic carbocycles. The molecule has 1 unspecified atom stereocenters. The zero-order chi connectivity index (χ0) is 13.5. The van der Waals surface area contributed by atoms with Gasteiger partial charge in [-0.1, -0.05) is 19.1 Å². The molecule has 1 aliphatic heterocycles. The second kappa shape index (κ2) is 7.32. The standard InChI is InChI=1S/C17H25NO/c1-3-7-17(19-4-2)15-11-9-14(10-12-15)16-8-5-6-13-18-16/h6-7,9,13,15H,3-5,8,10-12H2,1-2H3. The highest BCUT2D eigenvalue weighted by Crippen LogP contribution is 2.31. The Morgan fingerprint density at radius 1 is 1.42 bits per heavy atom. The van der Waals surface area contributed by atoms with Crippen LogP contribution in [0.5, 0.6) is 0 Å². The molecule has 0 bridgehead atoms. The van der Waals surface area contributed by atoms with Crippen molar-refractivity contribution in [2.45, 2.75) is 52.4 Å². The Morgan fingerprint density at radius 3 is 2.89 bits per heavy atom. The van der Waals surface area contributed by atoms with Gasteiger partial charge in [0.05, 0.1) is 12.4 Å². The van der Waals surface area contributed by atoms with Gasteiger partial charge in [0.15, 0.2) is 0 Å². The second-order valence-electron chi connectivity index (χ2n) is 5.15. The van der Waals surface area contributed by atoms with Crippen LogP contribution in [0.15, 0.2) is 40.8 Å². The van der Waals surface area contributed by atoms with Crippen LogP contribution in [-0.2, 0) is 4.74 Å². The largest absolute Gasteiger partial charge is 0.498 e. The van der Waals surface area contributed by atoms with E-state index in [1.807, 2.05) is 6.20 Å². The number of nitrogens with zero attached hydrogens (tertiary/aromatic N) is 1. The lowest BCUT2D eigenvalue weighted by Gasteiger charge is -2.25. The van der Waals surface area contributed by atoms with Crippen LogP contribution < -0.4 is 0 Å². The van der Waals surface area contributed by atoms with Gasteiger partial charge in [-0.15, -0.1) is 0 Å². The van der Waals surface area contributed by atoms with Gasteiger partial charge in [0.2, 0.25) is 0 Å². The van der Waals surface area contributed by atoms with Crippen molar-refractivity contribution in [1.82, 2.24) is 0 Å². The van der Waals surface area contributed by atoms with E-state index in [9.17, 15) is 0 Å². The van der Waals surface area contributed by atoms with Crippen molar-refractivity contribution in [2.75, 3.05) is 6.61 Å². The van der Waals surface area contributed by atoms with E-state index >= 15 is 0 Å². The van der Waals surface area contributed by atoms with Gasteiger partial charge in [0.25, 0.3) is 0 Å². The zero-order valence-electron chi connectivity index (χ0n) is 12.2. The minimum Gasteiger partial charge on any atom is -0.498 e. The summed E-state index contributed by atoms with van der Waals surface area (Å²) in [5, 5.41) is 0. The molecule has 0 aromatic heterocycles. The Bertz CT molecular complexity index is 415. The molecule has 1 atom stereocenters. The quantitative estimate of drug-likeness (QED) is 0.650. The fourth-order valence-corrected chi connectivity index (χ4v) is 2.81. The molecule has 0 aromatic rings. The first kappa shape index (κ1) is 14.1. The van der Waals surface area contributed by atoms with Gasteiger partial charge in [-0.25, -0.2) is 0 Å². The van der Waals surface area contributed by atoms with Crippen molar-refractivity contribution in [3.05, 3.63) is 35.8 Å². The highest BCUT2D eigenvalue weighted by molar-refractivity contribution is 6.01. The SMILES string of the molecule is CCC=C(OCC)C1CC=C(C2=NC=CCC2)CC1. The summed E-state index contributed by atoms with van der Waals surface area (Å²) in [6, 6.07) is 0. The van der Waals surface area contributed by atoms with E-state index in [0.717, 1.165) is 38.7 Å². The highest BCUT2D eigenvalue weighted by Gasteiger charge is 2.21. The molecule has 1 heterocycles. The third kappa shape index (κ3) is 3.82. The van der Waals surface area contributed by atoms with Crippen LogP contribution in [0.2, 0.25) is 0 Å². The first-order valence-corrected chi connectivity index (χ1v) is 7.59. The van der Waals surface area contributed by atoms with Gasteiger partial charge in [0, 0.05) is 17.8 Å². The summed E-state index contributed by atoms with van der Waals surface area (Å²) in [5.41, 5.74) is 2.77. The van der Waals surface area contributed by atoms with Gasteiger partial charge in [-0.3, -0.25) is 4.99 Å². The number of ether oxygens (including phenoxy) is 1. The summed E-state index contributed by atoms with van der Waals surface area (Å²) in [4.78, 5) is 4.52. The lowest BCUT2D eigenvalue weighted by molar-refractivity contribution is 0.184. The van der Waals surface area contributed by atoms with Gasteiger partial charge >= 0.3 is 0 Å². The summed E-state index contributed by atoms with van der Waals surface area (Å²) in [7, 11) is 0. The molecule has 104 valence electrons. The Hall–Kier alpha value is -1.31. The maximum Gasteiger partial charge on any atom is 0.0953 e. The molecule has 2 heteroatoms. The number of aliphatic imine (C=N–C) groups is 1. The van der Waals surface area contributed by atoms with Gasteiger partial charge < -0.3 is 4.74 Å². The number of hydrogen-bond donors (Lipinski definition) is 0. The molecule has 0 saturated heterocycles. The van der Waals surface area contributed by atoms with Crippen LogP contribution in [0, 0.1) is 5.92 Å². The minimum atomic E-state index is 0.573. The highest BCUT2D eigenvalue weighted by atomic mass is 16.5. The van der Waals surface area contributed by atoms with E-state index in [4.69, 9.17) is 4.74 Å². The third-order valence-electron chi connectivity index (χ3n) is 3.78. The topological polar surface area (TPSA) is 21.6 Å². The zero-order valence-corrected chi connectivity index (χ0v) is 12.2. The second-order valence-corrected chi connectivity index (χ2v) is 5.15. The minimum absolute atomic E-state index is 0.573. The van der Waals surface area contributed by atoms with E-state index in [2.05, 4.69) is 37.1 Å². The molecule has 1 aliphatic carbocycles. The molecule has 0 radical (unpaired) electrons. The van der Waals surface area contributed by atoms with Crippen LogP contribution in [0.4, 0.5) is 0 Å². The van der Waals surface area contributed by atoms with Gasteiger partial charge in [-0.2, -0.15) is 0 Å². The maximum absolute atomic E-state index is 5.79. The number of rotatable bonds is 5. The van der Waals surface area contributed by atoms with Crippen LogP contribution in [0.25, 0.3) is 0 Å². The van der Waals surface area contributed by atoms with Crippen molar-refractivity contribution < 1.29 is 4.74 Å². The maximum atomic E-state index is 5.79. The summed E-state index contributed by atoms with van der Waals surface area (Å²) < 4.78 is 5.79. The van der Waals surface area contributed by atoms with Crippen molar-refractivity contribution in [3.8, 4) is 0 Å². The molecule has 0 N–H and O–H groups in total. The predicted molar refractivity (Wildman–Crippen MR) is 81.2 cm³/mol. The summed E-state index contributed by atoms with van der Waals surface area (Å²) >= 11 is 0. The summed E-state index contributed by atoms with van der Waals surface area (Å²) in [6.45, 7) is 5.01. The van der Waals surface area contributed by atoms with Crippen molar-refractivity contribution in [1.29, 1.82) is 0 Å². The first-order chi connectivity index (χ1) is 9.35. The van der Waals surface area contributed by atoms with E-state index < -0.39 is 0 Å². The predicted octanol–water partition coefficient (Wildman–Crippen LogP) is 4.79. The monoisotopic (exact) mass is 259 g/mol. The molecule has 2 rings (SSSR count). The summed E-state index contributed by atoms with van der Waals surface area (Å²) in [5.74, 6) is 1.77. The average Bonchev–Trinajstić information content (AvgIpc) is 2.48. The molecular weight excluding hydrogens is 234 g/mol. The average molecular weight is 259 g/mol. The fourth-order valence-electron chi connectivity index (χ4n) is 2.81. The van der Waals surface area contributed by atoms with Gasteiger partial charge in [0.1, 0.15) is 0 Å². The lowest BCUT2D eigenvalue weighted by atomic mass is 9.85. The van der Waals surface area contributed by atoms with Crippen LogP contribution in [0.3, 0.4) is 0 Å². The number of hydrogen-bond acceptors (Lipinski definition) is 2. The van der Waals surface area contributed by atoms with Gasteiger partial charge in [-0.05, 0) is 57.1 Å². The Labute approximate surface area is 117 Å². The Kier molecular flexibility index (Phi) is 5.44. The molecule has 0 saturated carbocycles. The normalized spacial score (nSPS) is 23.9. The molecule has 0 spiro atoms. The van der Waals surface area contributed by atoms with E-state index in [0.29, 0.717) is 5.92 Å². The molecule has 2 aliphatic rings. The van der Waals surface area contributed by atoms with E-state index in [1.54, 1.807) is 0 Å².